The Morgan fingerprint density at radius 1 is 1.04 bits per heavy atom. The van der Waals surface area contributed by atoms with Gasteiger partial charge in [0.25, 0.3) is 0 Å². The number of hydrogen-bond acceptors (Lipinski definition) is 6. The second-order valence-corrected chi connectivity index (χ2v) is 7.08. The van der Waals surface area contributed by atoms with Crippen LogP contribution in [0, 0.1) is 0 Å². The van der Waals surface area contributed by atoms with E-state index in [9.17, 15) is 4.79 Å². The van der Waals surface area contributed by atoms with Crippen LogP contribution in [0.3, 0.4) is 0 Å². The Labute approximate surface area is 172 Å². The minimum Gasteiger partial charge on any atom is -0.495 e. The van der Waals surface area contributed by atoms with Crippen molar-refractivity contribution < 1.29 is 19.0 Å². The zero-order valence-electron chi connectivity index (χ0n) is 15.6. The first-order valence-electron chi connectivity index (χ1n) is 8.34. The summed E-state index contributed by atoms with van der Waals surface area (Å²) in [7, 11) is 4.71. The maximum atomic E-state index is 12.4. The van der Waals surface area contributed by atoms with Gasteiger partial charge in [-0.05, 0) is 36.4 Å². The summed E-state index contributed by atoms with van der Waals surface area (Å²) in [6.45, 7) is 0. The molecule has 3 aromatic rings. The van der Waals surface area contributed by atoms with Crippen LogP contribution in [0.1, 0.15) is 5.69 Å². The highest BCUT2D eigenvalue weighted by Crippen LogP contribution is 2.33. The number of ether oxygens (including phenoxy) is 3. The summed E-state index contributed by atoms with van der Waals surface area (Å²) in [6, 6.07) is 10.6. The number of aromatic nitrogens is 1. The van der Waals surface area contributed by atoms with Crippen molar-refractivity contribution in [2.24, 2.45) is 0 Å². The van der Waals surface area contributed by atoms with E-state index < -0.39 is 0 Å². The fourth-order valence-corrected chi connectivity index (χ4v) is 3.62. The third kappa shape index (κ3) is 4.55. The lowest BCUT2D eigenvalue weighted by molar-refractivity contribution is -0.115. The Kier molecular flexibility index (Phi) is 6.38. The zero-order chi connectivity index (χ0) is 20.1. The molecule has 0 saturated heterocycles. The first-order valence-corrected chi connectivity index (χ1v) is 9.60. The number of carbonyl (C=O) groups is 1. The van der Waals surface area contributed by atoms with Gasteiger partial charge in [-0.1, -0.05) is 11.6 Å². The van der Waals surface area contributed by atoms with Gasteiger partial charge in [-0.25, -0.2) is 4.98 Å². The molecule has 0 unspecified atom stereocenters. The first kappa shape index (κ1) is 20.0. The SMILES string of the molecule is COc1ccc(Cl)cc1NC(=O)Cc1csc(-c2ccc(OC)c(OC)c2)n1. The number of nitrogens with one attached hydrogen (secondary N) is 1. The Morgan fingerprint density at radius 2 is 1.75 bits per heavy atom. The van der Waals surface area contributed by atoms with Gasteiger partial charge < -0.3 is 19.5 Å². The monoisotopic (exact) mass is 418 g/mol. The predicted octanol–water partition coefficient (Wildman–Crippen LogP) is 4.67. The number of anilines is 1. The molecule has 146 valence electrons. The van der Waals surface area contributed by atoms with E-state index in [1.807, 2.05) is 23.6 Å². The summed E-state index contributed by atoms with van der Waals surface area (Å²) in [5.41, 5.74) is 2.09. The molecule has 3 rings (SSSR count). The number of carbonyl (C=O) groups excluding carboxylic acids is 1. The number of hydrogen-bond donors (Lipinski definition) is 1. The average Bonchev–Trinajstić information content (AvgIpc) is 3.15. The van der Waals surface area contributed by atoms with Crippen LogP contribution < -0.4 is 19.5 Å². The standard InChI is InChI=1S/C20H19ClN2O4S/c1-25-16-7-5-13(21)9-15(16)23-19(24)10-14-11-28-20(22-14)12-4-6-17(26-2)18(8-12)27-3/h4-9,11H,10H2,1-3H3,(H,23,24). The molecule has 1 aromatic heterocycles. The minimum absolute atomic E-state index is 0.138. The maximum absolute atomic E-state index is 12.4. The summed E-state index contributed by atoms with van der Waals surface area (Å²) in [5.74, 6) is 1.62. The third-order valence-electron chi connectivity index (χ3n) is 3.96. The summed E-state index contributed by atoms with van der Waals surface area (Å²) < 4.78 is 15.8. The number of benzene rings is 2. The molecule has 1 amide bonds. The van der Waals surface area contributed by atoms with Gasteiger partial charge in [0.2, 0.25) is 5.91 Å². The van der Waals surface area contributed by atoms with E-state index in [4.69, 9.17) is 25.8 Å². The molecule has 0 bridgehead atoms. The molecule has 0 aliphatic heterocycles. The lowest BCUT2D eigenvalue weighted by Crippen LogP contribution is -2.15. The molecule has 1 heterocycles. The summed E-state index contributed by atoms with van der Waals surface area (Å²) >= 11 is 7.46. The summed E-state index contributed by atoms with van der Waals surface area (Å²) in [6.07, 6.45) is 0.138. The van der Waals surface area contributed by atoms with Crippen LogP contribution in [0.5, 0.6) is 17.2 Å². The molecule has 1 N–H and O–H groups in total. The van der Waals surface area contributed by atoms with Crippen molar-refractivity contribution in [3.8, 4) is 27.8 Å². The van der Waals surface area contributed by atoms with E-state index in [1.54, 1.807) is 32.4 Å². The van der Waals surface area contributed by atoms with Crippen molar-refractivity contribution >= 4 is 34.5 Å². The molecule has 0 saturated carbocycles. The van der Waals surface area contributed by atoms with Gasteiger partial charge >= 0.3 is 0 Å². The van der Waals surface area contributed by atoms with Crippen LogP contribution in [0.2, 0.25) is 5.02 Å². The average molecular weight is 419 g/mol. The molecule has 0 radical (unpaired) electrons. The minimum atomic E-state index is -0.204. The van der Waals surface area contributed by atoms with E-state index in [1.165, 1.54) is 18.4 Å². The lowest BCUT2D eigenvalue weighted by Gasteiger charge is -2.10. The molecular weight excluding hydrogens is 400 g/mol. The Bertz CT molecular complexity index is 990. The zero-order valence-corrected chi connectivity index (χ0v) is 17.2. The second-order valence-electron chi connectivity index (χ2n) is 5.78. The Balaban J connectivity index is 1.73. The summed E-state index contributed by atoms with van der Waals surface area (Å²) in [5, 5.41) is 5.98. The highest BCUT2D eigenvalue weighted by atomic mass is 35.5. The van der Waals surface area contributed by atoms with Crippen molar-refractivity contribution in [1.82, 2.24) is 4.98 Å². The number of halogens is 1. The molecule has 2 aromatic carbocycles. The van der Waals surface area contributed by atoms with Crippen molar-refractivity contribution in [1.29, 1.82) is 0 Å². The van der Waals surface area contributed by atoms with Crippen molar-refractivity contribution in [2.45, 2.75) is 6.42 Å². The molecule has 0 fully saturated rings. The topological polar surface area (TPSA) is 69.7 Å². The quantitative estimate of drug-likeness (QED) is 0.603. The fraction of sp³-hybridized carbons (Fsp3) is 0.200. The predicted molar refractivity (Wildman–Crippen MR) is 111 cm³/mol. The largest absolute Gasteiger partial charge is 0.495 e. The van der Waals surface area contributed by atoms with E-state index in [0.717, 1.165) is 10.6 Å². The van der Waals surface area contributed by atoms with E-state index in [2.05, 4.69) is 10.3 Å². The first-order chi connectivity index (χ1) is 13.5. The molecule has 0 aliphatic rings. The third-order valence-corrected chi connectivity index (χ3v) is 5.13. The van der Waals surface area contributed by atoms with Gasteiger partial charge in [0.15, 0.2) is 11.5 Å². The van der Waals surface area contributed by atoms with Crippen LogP contribution in [-0.4, -0.2) is 32.2 Å². The fourth-order valence-electron chi connectivity index (χ4n) is 2.63. The molecule has 0 atom stereocenters. The van der Waals surface area contributed by atoms with Crippen LogP contribution in [0.25, 0.3) is 10.6 Å². The van der Waals surface area contributed by atoms with Gasteiger partial charge in [0, 0.05) is 16.0 Å². The smallest absolute Gasteiger partial charge is 0.230 e. The van der Waals surface area contributed by atoms with Gasteiger partial charge in [-0.2, -0.15) is 0 Å². The molecule has 8 heteroatoms. The van der Waals surface area contributed by atoms with Crippen molar-refractivity contribution in [2.75, 3.05) is 26.6 Å². The number of methoxy groups -OCH3 is 3. The molecule has 28 heavy (non-hydrogen) atoms. The Morgan fingerprint density at radius 3 is 2.46 bits per heavy atom. The number of nitrogens with zero attached hydrogens (tertiary/aromatic N) is 1. The van der Waals surface area contributed by atoms with Crippen molar-refractivity contribution in [3.63, 3.8) is 0 Å². The van der Waals surface area contributed by atoms with Gasteiger partial charge in [0.05, 0.1) is 39.1 Å². The molecule has 0 spiro atoms. The highest BCUT2D eigenvalue weighted by Gasteiger charge is 2.13. The van der Waals surface area contributed by atoms with Gasteiger partial charge in [-0.3, -0.25) is 4.79 Å². The van der Waals surface area contributed by atoms with Crippen LogP contribution in [0.4, 0.5) is 5.69 Å². The normalized spacial score (nSPS) is 10.4. The molecular formula is C20H19ClN2O4S. The van der Waals surface area contributed by atoms with E-state index in [0.29, 0.717) is 33.7 Å². The van der Waals surface area contributed by atoms with Crippen LogP contribution >= 0.6 is 22.9 Å². The lowest BCUT2D eigenvalue weighted by atomic mass is 10.2. The highest BCUT2D eigenvalue weighted by molar-refractivity contribution is 7.13. The van der Waals surface area contributed by atoms with Crippen LogP contribution in [0.15, 0.2) is 41.8 Å². The van der Waals surface area contributed by atoms with E-state index >= 15 is 0 Å². The van der Waals surface area contributed by atoms with Gasteiger partial charge in [0.1, 0.15) is 10.8 Å². The Hall–Kier alpha value is -2.77. The number of rotatable bonds is 7. The van der Waals surface area contributed by atoms with Crippen LogP contribution in [-0.2, 0) is 11.2 Å². The van der Waals surface area contributed by atoms with E-state index in [-0.39, 0.29) is 12.3 Å². The number of thiazole rings is 1. The molecule has 0 aliphatic carbocycles. The van der Waals surface area contributed by atoms with Gasteiger partial charge in [-0.15, -0.1) is 11.3 Å². The molecule has 6 nitrogen and oxygen atoms in total. The van der Waals surface area contributed by atoms with Crippen molar-refractivity contribution in [3.05, 3.63) is 52.5 Å². The number of amides is 1. The summed E-state index contributed by atoms with van der Waals surface area (Å²) in [4.78, 5) is 17.0. The maximum Gasteiger partial charge on any atom is 0.230 e. The second kappa shape index (κ2) is 8.95.